The van der Waals surface area contributed by atoms with Gasteiger partial charge in [-0.3, -0.25) is 0 Å². The van der Waals surface area contributed by atoms with E-state index in [1.54, 1.807) is 0 Å². The minimum Gasteiger partial charge on any atom is -0.476 e. The van der Waals surface area contributed by atoms with E-state index in [1.165, 1.54) is 36.0 Å². The number of ether oxygens (including phenoxy) is 1. The monoisotopic (exact) mass is 813 g/mol. The summed E-state index contributed by atoms with van der Waals surface area (Å²) in [5, 5.41) is 0. The summed E-state index contributed by atoms with van der Waals surface area (Å²) in [7, 11) is 0. The molecule has 5 aromatic carbocycles. The van der Waals surface area contributed by atoms with Crippen molar-refractivity contribution in [2.75, 3.05) is 0 Å². The minimum atomic E-state index is -0.376. The molecule has 0 radical (unpaired) electrons. The number of fused-ring (bicyclic) bond motifs is 3. The molecule has 3 aliphatic rings. The molecule has 6 nitrogen and oxygen atoms in total. The second kappa shape index (κ2) is 16.5. The highest BCUT2D eigenvalue weighted by Gasteiger charge is 2.44. The number of hydrogen-bond donors (Lipinski definition) is 0. The molecule has 10 rings (SSSR count). The van der Waals surface area contributed by atoms with Crippen molar-refractivity contribution in [1.29, 1.82) is 0 Å². The van der Waals surface area contributed by atoms with Gasteiger partial charge in [0.2, 0.25) is 0 Å². The summed E-state index contributed by atoms with van der Waals surface area (Å²) in [5.74, 6) is 8.42. The first-order chi connectivity index (χ1) is 30.9. The van der Waals surface area contributed by atoms with E-state index in [4.69, 9.17) is 42.5 Å². The van der Waals surface area contributed by atoms with Crippen LogP contribution in [0.4, 0.5) is 0 Å². The third-order valence-electron chi connectivity index (χ3n) is 12.8. The Morgan fingerprint density at radius 1 is 0.730 bits per heavy atom. The molecule has 0 amide bonds. The first kappa shape index (κ1) is 39.3. The molecule has 2 unspecified atom stereocenters. The zero-order chi connectivity index (χ0) is 42.9. The van der Waals surface area contributed by atoms with Gasteiger partial charge < -0.3 is 4.74 Å². The van der Waals surface area contributed by atoms with Gasteiger partial charge in [0.1, 0.15) is 6.10 Å². The van der Waals surface area contributed by atoms with Crippen molar-refractivity contribution in [3.8, 4) is 87.2 Å². The Balaban J connectivity index is 1.10. The van der Waals surface area contributed by atoms with Crippen LogP contribution in [0.5, 0.6) is 5.75 Å². The SMILES string of the molecule is C#C/C=C\C1=C(C)C2(CCCCC2)c2cccc(-c3nc(-c4ccccc4)nc(-c4cccc(-c5cc(/C(C)=C/C6Oc7c#cccc7C6C#C)nc(-c6ccccc6)n5)c4)n3)c21. The normalized spacial score (nSPS) is 17.4. The van der Waals surface area contributed by atoms with Gasteiger partial charge in [0.05, 0.1) is 17.3 Å². The predicted octanol–water partition coefficient (Wildman–Crippen LogP) is 12.4. The van der Waals surface area contributed by atoms with E-state index in [9.17, 15) is 0 Å². The summed E-state index contributed by atoms with van der Waals surface area (Å²) in [6.07, 6.45) is 23.3. The van der Waals surface area contributed by atoms with Crippen molar-refractivity contribution in [2.24, 2.45) is 0 Å². The third kappa shape index (κ3) is 7.19. The van der Waals surface area contributed by atoms with Crippen LogP contribution < -0.4 is 4.74 Å². The van der Waals surface area contributed by atoms with Gasteiger partial charge in [-0.15, -0.1) is 12.8 Å². The highest BCUT2D eigenvalue weighted by molar-refractivity contribution is 5.93. The van der Waals surface area contributed by atoms with E-state index in [-0.39, 0.29) is 17.4 Å². The molecule has 63 heavy (non-hydrogen) atoms. The lowest BCUT2D eigenvalue weighted by Crippen LogP contribution is -2.28. The van der Waals surface area contributed by atoms with Gasteiger partial charge in [0.15, 0.2) is 29.0 Å². The molecule has 2 aliphatic carbocycles. The molecule has 2 aromatic heterocycles. The predicted molar refractivity (Wildman–Crippen MR) is 252 cm³/mol. The van der Waals surface area contributed by atoms with Gasteiger partial charge in [-0.25, -0.2) is 24.9 Å². The zero-order valence-corrected chi connectivity index (χ0v) is 35.3. The van der Waals surface area contributed by atoms with Gasteiger partial charge >= 0.3 is 0 Å². The Bertz CT molecular complexity index is 3070. The summed E-state index contributed by atoms with van der Waals surface area (Å²) in [6.45, 7) is 4.32. The number of terminal acetylenes is 2. The molecule has 3 heterocycles. The molecule has 1 aliphatic heterocycles. The molecule has 1 saturated carbocycles. The van der Waals surface area contributed by atoms with Gasteiger partial charge in [0, 0.05) is 38.8 Å². The number of rotatable bonds is 8. The maximum Gasteiger partial charge on any atom is 0.175 e. The van der Waals surface area contributed by atoms with Crippen LogP contribution >= 0.6 is 0 Å². The average Bonchev–Trinajstić information content (AvgIpc) is 3.81. The molecule has 2 atom stereocenters. The van der Waals surface area contributed by atoms with Gasteiger partial charge in [-0.2, -0.15) is 0 Å². The molecule has 302 valence electrons. The summed E-state index contributed by atoms with van der Waals surface area (Å²) in [4.78, 5) is 25.9. The first-order valence-corrected chi connectivity index (χ1v) is 21.5. The zero-order valence-electron chi connectivity index (χ0n) is 35.3. The second-order valence-corrected chi connectivity index (χ2v) is 16.5. The van der Waals surface area contributed by atoms with Crippen molar-refractivity contribution >= 4 is 11.1 Å². The van der Waals surface area contributed by atoms with Crippen LogP contribution in [0.1, 0.15) is 74.3 Å². The molecule has 0 N–H and O–H groups in total. The van der Waals surface area contributed by atoms with Crippen molar-refractivity contribution in [2.45, 2.75) is 63.4 Å². The van der Waals surface area contributed by atoms with E-state index in [0.29, 0.717) is 29.0 Å². The lowest BCUT2D eigenvalue weighted by molar-refractivity contribution is 0.273. The fraction of sp³-hybridized carbons (Fsp3) is 0.175. The maximum atomic E-state index is 6.28. The number of hydrogen-bond acceptors (Lipinski definition) is 6. The quantitative estimate of drug-likeness (QED) is 0.142. The maximum absolute atomic E-state index is 6.28. The summed E-state index contributed by atoms with van der Waals surface area (Å²) < 4.78 is 6.28. The molecular formula is C57H43N5O. The lowest BCUT2D eigenvalue weighted by Gasteiger charge is -2.36. The standard InChI is InChI=1S/C57H43N5O/c1-5-7-27-44-38(4)57(32-17-10-18-33-57)47-30-20-29-46(52(44)47)56-61-54(40-23-13-9-14-24-40)60-55(62-56)42-26-19-25-41(35-42)49-36-48(58-53(59-49)39-21-11-8-12-22-39)37(3)34-51-43(6-2)45-28-15-16-31-50(45)63-51/h1-2,7-9,11-15,19-30,34-36,43,51H,10,17-18,32-33H2,3-4H3/b27-7-,37-34+. The van der Waals surface area contributed by atoms with Crippen LogP contribution in [-0.2, 0) is 5.41 Å². The Morgan fingerprint density at radius 3 is 2.13 bits per heavy atom. The van der Waals surface area contributed by atoms with Crippen molar-refractivity contribution < 1.29 is 4.74 Å². The molecule has 0 bridgehead atoms. The van der Waals surface area contributed by atoms with Gasteiger partial charge in [-0.1, -0.05) is 140 Å². The van der Waals surface area contributed by atoms with Crippen LogP contribution in [-0.4, -0.2) is 31.0 Å². The summed E-state index contributed by atoms with van der Waals surface area (Å²) >= 11 is 0. The van der Waals surface area contributed by atoms with Crippen LogP contribution in [0, 0.1) is 36.8 Å². The third-order valence-corrected chi connectivity index (χ3v) is 12.8. The fourth-order valence-electron chi connectivity index (χ4n) is 9.64. The van der Waals surface area contributed by atoms with Crippen LogP contribution in [0.15, 0.2) is 145 Å². The van der Waals surface area contributed by atoms with E-state index >= 15 is 0 Å². The number of benzene rings is 4. The molecule has 7 aromatic rings. The van der Waals surface area contributed by atoms with E-state index < -0.39 is 0 Å². The smallest absolute Gasteiger partial charge is 0.175 e. The van der Waals surface area contributed by atoms with Crippen molar-refractivity contribution in [3.05, 3.63) is 180 Å². The lowest BCUT2D eigenvalue weighted by atomic mass is 9.67. The average molecular weight is 814 g/mol. The van der Waals surface area contributed by atoms with E-state index in [0.717, 1.165) is 68.7 Å². The molecule has 0 saturated heterocycles. The highest BCUT2D eigenvalue weighted by atomic mass is 16.5. The number of nitrogens with zero attached hydrogens (tertiary/aromatic N) is 5. The Morgan fingerprint density at radius 2 is 1.40 bits per heavy atom. The largest absolute Gasteiger partial charge is 0.476 e. The fourth-order valence-corrected chi connectivity index (χ4v) is 9.64. The Hall–Kier alpha value is -7.85. The summed E-state index contributed by atoms with van der Waals surface area (Å²) in [6, 6.07) is 46.8. The van der Waals surface area contributed by atoms with Crippen LogP contribution in [0.2, 0.25) is 0 Å². The molecule has 1 fully saturated rings. The van der Waals surface area contributed by atoms with Crippen LogP contribution in [0.25, 0.3) is 68.0 Å². The number of allylic oxidation sites excluding steroid dienone is 5. The van der Waals surface area contributed by atoms with Crippen LogP contribution in [0.3, 0.4) is 0 Å². The van der Waals surface area contributed by atoms with Gasteiger partial charge in [0.25, 0.3) is 0 Å². The topological polar surface area (TPSA) is 73.7 Å². The van der Waals surface area contributed by atoms with Crippen molar-refractivity contribution in [1.82, 2.24) is 24.9 Å². The van der Waals surface area contributed by atoms with E-state index in [2.05, 4.69) is 67.3 Å². The minimum absolute atomic E-state index is 0.0255. The second-order valence-electron chi connectivity index (χ2n) is 16.5. The molecule has 6 heteroatoms. The molecule has 1 spiro atoms. The van der Waals surface area contributed by atoms with Crippen molar-refractivity contribution in [3.63, 3.8) is 0 Å². The number of aromatic nitrogens is 5. The Kier molecular flexibility index (Phi) is 10.3. The van der Waals surface area contributed by atoms with E-state index in [1.807, 2.05) is 110 Å². The van der Waals surface area contributed by atoms with Gasteiger partial charge in [-0.05, 0) is 97.5 Å². The Labute approximate surface area is 369 Å². The first-order valence-electron chi connectivity index (χ1n) is 21.5. The molecular weight excluding hydrogens is 771 g/mol. The summed E-state index contributed by atoms with van der Waals surface area (Å²) in [5.41, 5.74) is 12.9. The highest BCUT2D eigenvalue weighted by Crippen LogP contribution is 2.56.